The van der Waals surface area contributed by atoms with Crippen LogP contribution in [0, 0.1) is 0 Å². The van der Waals surface area contributed by atoms with E-state index in [1.807, 2.05) is 67.6 Å². The van der Waals surface area contributed by atoms with E-state index < -0.39 is 0 Å². The Labute approximate surface area is 573 Å². The largest absolute Gasteiger partial charge is 0.264 e. The lowest BCUT2D eigenvalue weighted by molar-refractivity contribution is 1.35. The number of hydrogen-bond donors (Lipinski definition) is 0. The Hall–Kier alpha value is -13.7. The van der Waals surface area contributed by atoms with Crippen LogP contribution in [0.3, 0.4) is 0 Å². The maximum atomic E-state index is 5.04. The highest BCUT2D eigenvalue weighted by Gasteiger charge is 2.15. The molecule has 100 heavy (non-hydrogen) atoms. The van der Waals surface area contributed by atoms with Crippen molar-refractivity contribution in [3.63, 3.8) is 0 Å². The predicted molar refractivity (Wildman–Crippen MR) is 409 cm³/mol. The van der Waals surface area contributed by atoms with Crippen molar-refractivity contribution in [2.75, 3.05) is 0 Å². The fourth-order valence-corrected chi connectivity index (χ4v) is 14.0. The molecule has 10 nitrogen and oxygen atoms in total. The number of rotatable bonds is 8. The monoisotopic (exact) mass is 1270 g/mol. The number of nitrogens with zero attached hydrogens (tertiary/aromatic N) is 10. The van der Waals surface area contributed by atoms with Gasteiger partial charge in [-0.15, -0.1) is 0 Å². The van der Waals surface area contributed by atoms with Crippen molar-refractivity contribution in [2.45, 2.75) is 0 Å². The molecule has 10 aromatic carbocycles. The van der Waals surface area contributed by atoms with Crippen LogP contribution in [0.5, 0.6) is 0 Å². The first-order valence-electron chi connectivity index (χ1n) is 33.3. The summed E-state index contributed by atoms with van der Waals surface area (Å²) < 4.78 is 0. The molecule has 0 bridgehead atoms. The van der Waals surface area contributed by atoms with E-state index in [1.165, 1.54) is 0 Å². The Kier molecular flexibility index (Phi) is 14.0. The second kappa shape index (κ2) is 24.2. The van der Waals surface area contributed by atoms with Crippen molar-refractivity contribution < 1.29 is 0 Å². The molecule has 0 radical (unpaired) electrons. The SMILES string of the molecule is c1cc(-c2ccc3cc(-c4ccc5nc(-c6ccc(-c7ccc8ccc9cccnc9c8n7)cc6)ccc5c4)ccc3n2)c2cnccc2c1.c1cc(-c2ccc3cc(-c4ccc5nc(-c6ccc(-c7ccnc8c7ccc7cccnc78)cc6)ccc5c4)ccc3n2)c2cnccc2c1. The molecule has 0 aliphatic carbocycles. The maximum Gasteiger partial charge on any atom is 0.0972 e. The smallest absolute Gasteiger partial charge is 0.0972 e. The molecule has 20 aromatic rings. The Morgan fingerprint density at radius 2 is 0.540 bits per heavy atom. The molecule has 0 unspecified atom stereocenters. The second-order valence-corrected chi connectivity index (χ2v) is 25.2. The summed E-state index contributed by atoms with van der Waals surface area (Å²) in [6.07, 6.45) is 13.0. The van der Waals surface area contributed by atoms with Gasteiger partial charge in [-0.1, -0.05) is 176 Å². The van der Waals surface area contributed by atoms with Crippen molar-refractivity contribution in [3.8, 4) is 89.7 Å². The fraction of sp³-hybridized carbons (Fsp3) is 0. The topological polar surface area (TPSA) is 129 Å². The average Bonchev–Trinajstić information content (AvgIpc) is 0.788. The number of fused-ring (bicyclic) bond motifs is 12. The lowest BCUT2D eigenvalue weighted by Gasteiger charge is -2.10. The van der Waals surface area contributed by atoms with Crippen LogP contribution in [0.15, 0.2) is 328 Å². The van der Waals surface area contributed by atoms with Crippen molar-refractivity contribution >= 4 is 109 Å². The van der Waals surface area contributed by atoms with Gasteiger partial charge in [0.2, 0.25) is 0 Å². The lowest BCUT2D eigenvalue weighted by Crippen LogP contribution is -1.90. The van der Waals surface area contributed by atoms with Crippen molar-refractivity contribution in [1.29, 1.82) is 0 Å². The number of aromatic nitrogens is 10. The summed E-state index contributed by atoms with van der Waals surface area (Å²) in [6.45, 7) is 0. The van der Waals surface area contributed by atoms with Gasteiger partial charge in [0, 0.05) is 125 Å². The van der Waals surface area contributed by atoms with Gasteiger partial charge < -0.3 is 0 Å². The first kappa shape index (κ1) is 57.7. The molecule has 0 atom stereocenters. The van der Waals surface area contributed by atoms with Crippen LogP contribution in [0.4, 0.5) is 0 Å². The zero-order valence-electron chi connectivity index (χ0n) is 53.6. The summed E-state index contributed by atoms with van der Waals surface area (Å²) in [5.41, 5.74) is 24.5. The third kappa shape index (κ3) is 10.6. The standard InChI is InChI=1S/2C45H27N5/c1-3-28-20-23-46-27-39(28)37(5-1)43-19-14-35-26-33(12-17-42(35)50-43)32-11-16-41-34(25-32)13-18-40(49-41)30-8-6-29(7-9-30)36-21-24-48-45-38(36)15-10-31-4-2-22-47-44(31)45;1-3-28-22-24-46-27-38(28)37(5-1)43-21-16-36-26-34(14-19-42(36)49-43)33-13-18-41-35(25-33)15-20-39(48-41)29-6-8-30(9-7-29)40-17-12-32-11-10-31-4-2-23-47-44(31)45(32)50-40/h2*1-27H. The van der Waals surface area contributed by atoms with Crippen molar-refractivity contribution in [3.05, 3.63) is 328 Å². The third-order valence-corrected chi connectivity index (χ3v) is 19.2. The number of benzene rings is 10. The highest BCUT2D eigenvalue weighted by molar-refractivity contribution is 6.09. The number of hydrogen-bond acceptors (Lipinski definition) is 10. The Bertz CT molecular complexity index is 6620. The van der Waals surface area contributed by atoms with Gasteiger partial charge in [0.1, 0.15) is 0 Å². The highest BCUT2D eigenvalue weighted by Crippen LogP contribution is 2.38. The normalized spacial score (nSPS) is 11.6. The lowest BCUT2D eigenvalue weighted by atomic mass is 9.98. The van der Waals surface area contributed by atoms with Gasteiger partial charge >= 0.3 is 0 Å². The van der Waals surface area contributed by atoms with E-state index in [-0.39, 0.29) is 0 Å². The molecular formula is C90H54N10. The molecule has 10 aromatic heterocycles. The molecule has 464 valence electrons. The molecule has 10 heteroatoms. The minimum Gasteiger partial charge on any atom is -0.264 e. The van der Waals surface area contributed by atoms with Crippen LogP contribution in [0.25, 0.3) is 198 Å². The molecular weight excluding hydrogens is 1220 g/mol. The zero-order chi connectivity index (χ0) is 66.0. The second-order valence-electron chi connectivity index (χ2n) is 25.2. The Morgan fingerprint density at radius 3 is 1.02 bits per heavy atom. The summed E-state index contributed by atoms with van der Waals surface area (Å²) in [4.78, 5) is 47.7. The summed E-state index contributed by atoms with van der Waals surface area (Å²) in [5, 5.41) is 13.3. The van der Waals surface area contributed by atoms with E-state index in [0.717, 1.165) is 198 Å². The molecule has 0 aliphatic rings. The van der Waals surface area contributed by atoms with Gasteiger partial charge in [-0.3, -0.25) is 24.9 Å². The minimum atomic E-state index is 0.921. The summed E-state index contributed by atoms with van der Waals surface area (Å²) in [7, 11) is 0. The summed E-state index contributed by atoms with van der Waals surface area (Å²) >= 11 is 0. The van der Waals surface area contributed by atoms with Gasteiger partial charge in [-0.2, -0.15) is 0 Å². The zero-order valence-corrected chi connectivity index (χ0v) is 53.6. The Morgan fingerprint density at radius 1 is 0.180 bits per heavy atom. The highest BCUT2D eigenvalue weighted by atomic mass is 14.8. The van der Waals surface area contributed by atoms with Gasteiger partial charge in [-0.05, 0) is 153 Å². The van der Waals surface area contributed by atoms with E-state index in [9.17, 15) is 0 Å². The Balaban J connectivity index is 0.000000139. The molecule has 0 aliphatic heterocycles. The molecule has 20 rings (SSSR count). The van der Waals surface area contributed by atoms with E-state index in [1.54, 1.807) is 0 Å². The van der Waals surface area contributed by atoms with E-state index >= 15 is 0 Å². The van der Waals surface area contributed by atoms with Crippen molar-refractivity contribution in [2.24, 2.45) is 0 Å². The van der Waals surface area contributed by atoms with Crippen LogP contribution in [-0.2, 0) is 0 Å². The molecule has 0 spiro atoms. The van der Waals surface area contributed by atoms with Gasteiger partial charge in [0.15, 0.2) is 0 Å². The van der Waals surface area contributed by atoms with Crippen LogP contribution in [-0.4, -0.2) is 49.8 Å². The first-order valence-corrected chi connectivity index (χ1v) is 33.3. The van der Waals surface area contributed by atoms with E-state index in [2.05, 4.69) is 286 Å². The molecule has 0 fully saturated rings. The molecule has 0 saturated heterocycles. The van der Waals surface area contributed by atoms with Crippen LogP contribution >= 0.6 is 0 Å². The molecule has 0 amide bonds. The number of pyridine rings is 10. The van der Waals surface area contributed by atoms with Crippen molar-refractivity contribution in [1.82, 2.24) is 49.8 Å². The predicted octanol–water partition coefficient (Wildman–Crippen LogP) is 22.2. The van der Waals surface area contributed by atoms with Gasteiger partial charge in [0.25, 0.3) is 0 Å². The quantitative estimate of drug-likeness (QED) is 0.136. The maximum absolute atomic E-state index is 5.04. The van der Waals surface area contributed by atoms with E-state index in [0.29, 0.717) is 0 Å². The van der Waals surface area contributed by atoms with E-state index in [4.69, 9.17) is 24.9 Å². The average molecular weight is 1280 g/mol. The van der Waals surface area contributed by atoms with Crippen LogP contribution in [0.2, 0.25) is 0 Å². The molecule has 0 N–H and O–H groups in total. The summed E-state index contributed by atoms with van der Waals surface area (Å²) in [5.74, 6) is 0. The molecule has 10 heterocycles. The third-order valence-electron chi connectivity index (χ3n) is 19.2. The van der Waals surface area contributed by atoms with Gasteiger partial charge in [0.05, 0.1) is 72.6 Å². The fourth-order valence-electron chi connectivity index (χ4n) is 14.0. The van der Waals surface area contributed by atoms with Gasteiger partial charge in [-0.25, -0.2) is 24.9 Å². The minimum absolute atomic E-state index is 0.921. The van der Waals surface area contributed by atoms with Crippen LogP contribution in [0.1, 0.15) is 0 Å². The van der Waals surface area contributed by atoms with Crippen LogP contribution < -0.4 is 0 Å². The first-order chi connectivity index (χ1) is 49.5. The summed E-state index contributed by atoms with van der Waals surface area (Å²) in [6, 6.07) is 99.5. The molecule has 0 saturated carbocycles.